The number of fused-ring (bicyclic) bond motifs is 5. The van der Waals surface area contributed by atoms with Gasteiger partial charge in [-0.2, -0.15) is 0 Å². The highest BCUT2D eigenvalue weighted by atomic mass is 16.3. The van der Waals surface area contributed by atoms with Crippen molar-refractivity contribution >= 4 is 5.78 Å². The molecule has 3 saturated carbocycles. The minimum absolute atomic E-state index is 0.161. The van der Waals surface area contributed by atoms with Gasteiger partial charge in [0, 0.05) is 11.8 Å². The highest BCUT2D eigenvalue weighted by Gasteiger charge is 2.63. The number of allylic oxidation sites excluding steroid dienone is 1. The first kappa shape index (κ1) is 16.8. The van der Waals surface area contributed by atoms with Gasteiger partial charge in [0.2, 0.25) is 0 Å². The summed E-state index contributed by atoms with van der Waals surface area (Å²) in [5.41, 5.74) is 1.20. The molecule has 0 aliphatic heterocycles. The molecule has 4 aliphatic carbocycles. The number of carbonyl (C=O) groups is 1. The lowest BCUT2D eigenvalue weighted by molar-refractivity contribution is -0.135. The SMILES string of the molecule is CC[C@]1(O)CC[C@H]2[C@@H]3C[C@@H](C)C4=CC(=O)CC[C@@H]4[C@H]3CC[C@@]21CC. The molecule has 0 unspecified atom stereocenters. The largest absolute Gasteiger partial charge is 0.389 e. The van der Waals surface area contributed by atoms with E-state index in [0.29, 0.717) is 23.5 Å². The molecule has 4 aliphatic rings. The smallest absolute Gasteiger partial charge is 0.155 e. The Balaban J connectivity index is 1.69. The second kappa shape index (κ2) is 5.69. The highest BCUT2D eigenvalue weighted by molar-refractivity contribution is 5.91. The van der Waals surface area contributed by atoms with E-state index in [1.807, 2.05) is 6.08 Å². The van der Waals surface area contributed by atoms with Crippen LogP contribution >= 0.6 is 0 Å². The topological polar surface area (TPSA) is 37.3 Å². The summed E-state index contributed by atoms with van der Waals surface area (Å²) in [5.74, 6) is 3.80. The van der Waals surface area contributed by atoms with E-state index in [1.54, 1.807) is 0 Å². The van der Waals surface area contributed by atoms with Crippen LogP contribution in [0.5, 0.6) is 0 Å². The van der Waals surface area contributed by atoms with Gasteiger partial charge in [0.25, 0.3) is 0 Å². The number of ketones is 1. The lowest BCUT2D eigenvalue weighted by Gasteiger charge is -2.58. The van der Waals surface area contributed by atoms with E-state index in [0.717, 1.165) is 43.9 Å². The summed E-state index contributed by atoms with van der Waals surface area (Å²) < 4.78 is 0. The van der Waals surface area contributed by atoms with Gasteiger partial charge in [-0.15, -0.1) is 0 Å². The fraction of sp³-hybridized carbons (Fsp3) is 0.864. The average Bonchev–Trinajstić information content (AvgIpc) is 2.89. The lowest BCUT2D eigenvalue weighted by Crippen LogP contribution is -2.54. The van der Waals surface area contributed by atoms with Crippen LogP contribution < -0.4 is 0 Å². The molecular weight excluding hydrogens is 296 g/mol. The van der Waals surface area contributed by atoms with Gasteiger partial charge in [0.1, 0.15) is 0 Å². The van der Waals surface area contributed by atoms with Crippen molar-refractivity contribution in [2.24, 2.45) is 35.0 Å². The van der Waals surface area contributed by atoms with Crippen molar-refractivity contribution in [3.8, 4) is 0 Å². The molecule has 0 aromatic rings. The van der Waals surface area contributed by atoms with E-state index in [1.165, 1.54) is 31.3 Å². The normalized spacial score (nSPS) is 50.8. The second-order valence-electron chi connectivity index (χ2n) is 9.30. The first-order valence-electron chi connectivity index (χ1n) is 10.4. The molecule has 1 N–H and O–H groups in total. The predicted octanol–water partition coefficient (Wildman–Crippen LogP) is 4.91. The third-order valence-electron chi connectivity index (χ3n) is 8.88. The van der Waals surface area contributed by atoms with Crippen molar-refractivity contribution in [2.45, 2.75) is 84.2 Å². The number of hydrogen-bond acceptors (Lipinski definition) is 2. The summed E-state index contributed by atoms with van der Waals surface area (Å²) in [6.07, 6.45) is 11.8. The van der Waals surface area contributed by atoms with Crippen molar-refractivity contribution in [1.29, 1.82) is 0 Å². The van der Waals surface area contributed by atoms with Crippen molar-refractivity contribution in [2.75, 3.05) is 0 Å². The van der Waals surface area contributed by atoms with E-state index in [-0.39, 0.29) is 5.41 Å². The molecule has 134 valence electrons. The zero-order valence-corrected chi connectivity index (χ0v) is 15.7. The predicted molar refractivity (Wildman–Crippen MR) is 96.5 cm³/mol. The van der Waals surface area contributed by atoms with Crippen LogP contribution in [0.1, 0.15) is 78.6 Å². The van der Waals surface area contributed by atoms with Gasteiger partial charge in [0.05, 0.1) is 5.60 Å². The summed E-state index contributed by atoms with van der Waals surface area (Å²) in [6.45, 7) is 6.84. The monoisotopic (exact) mass is 330 g/mol. The van der Waals surface area contributed by atoms with Gasteiger partial charge in [-0.05, 0) is 87.0 Å². The summed E-state index contributed by atoms with van der Waals surface area (Å²) in [7, 11) is 0. The molecule has 7 atom stereocenters. The quantitative estimate of drug-likeness (QED) is 0.781. The molecule has 0 radical (unpaired) electrons. The van der Waals surface area contributed by atoms with Gasteiger partial charge in [-0.25, -0.2) is 0 Å². The summed E-state index contributed by atoms with van der Waals surface area (Å²) in [4.78, 5) is 11.9. The molecule has 0 bridgehead atoms. The highest BCUT2D eigenvalue weighted by Crippen LogP contribution is 2.67. The van der Waals surface area contributed by atoms with Crippen molar-refractivity contribution in [3.63, 3.8) is 0 Å². The molecule has 24 heavy (non-hydrogen) atoms. The maximum Gasteiger partial charge on any atom is 0.155 e. The second-order valence-corrected chi connectivity index (χ2v) is 9.30. The van der Waals surface area contributed by atoms with E-state index in [9.17, 15) is 9.90 Å². The Bertz CT molecular complexity index is 564. The molecule has 0 aromatic carbocycles. The Kier molecular flexibility index (Phi) is 3.99. The molecule has 2 nitrogen and oxygen atoms in total. The summed E-state index contributed by atoms with van der Waals surface area (Å²) >= 11 is 0. The third kappa shape index (κ3) is 2.08. The van der Waals surface area contributed by atoms with Crippen LogP contribution in [-0.2, 0) is 4.79 Å². The van der Waals surface area contributed by atoms with Gasteiger partial charge in [0.15, 0.2) is 5.78 Å². The van der Waals surface area contributed by atoms with E-state index in [4.69, 9.17) is 0 Å². The molecule has 0 heterocycles. The van der Waals surface area contributed by atoms with Crippen LogP contribution in [0, 0.1) is 35.0 Å². The minimum Gasteiger partial charge on any atom is -0.389 e. The molecular formula is C22H34O2. The first-order valence-corrected chi connectivity index (χ1v) is 10.4. The zero-order chi connectivity index (χ0) is 17.1. The Morgan fingerprint density at radius 1 is 1.12 bits per heavy atom. The van der Waals surface area contributed by atoms with Crippen LogP contribution in [0.4, 0.5) is 0 Å². The van der Waals surface area contributed by atoms with E-state index >= 15 is 0 Å². The van der Waals surface area contributed by atoms with Crippen LogP contribution in [0.3, 0.4) is 0 Å². The molecule has 0 aromatic heterocycles. The standard InChI is InChI=1S/C22H34O2/c1-4-21-10-8-17-16-7-6-15(23)13-18(16)14(3)12-19(17)20(21)9-11-22(21,24)5-2/h13-14,16-17,19-20,24H,4-12H2,1-3H3/t14-,16-,17-,19-,20+,21+,22+/m1/s1. The van der Waals surface area contributed by atoms with Gasteiger partial charge < -0.3 is 5.11 Å². The number of carbonyl (C=O) groups excluding carboxylic acids is 1. The Morgan fingerprint density at radius 2 is 1.92 bits per heavy atom. The Morgan fingerprint density at radius 3 is 2.62 bits per heavy atom. The average molecular weight is 331 g/mol. The zero-order valence-electron chi connectivity index (χ0n) is 15.7. The van der Waals surface area contributed by atoms with Gasteiger partial charge in [-0.3, -0.25) is 4.79 Å². The minimum atomic E-state index is -0.431. The maximum absolute atomic E-state index is 11.9. The van der Waals surface area contributed by atoms with Gasteiger partial charge in [-0.1, -0.05) is 26.3 Å². The fourth-order valence-corrected chi connectivity index (χ4v) is 7.72. The van der Waals surface area contributed by atoms with Crippen LogP contribution in [-0.4, -0.2) is 16.5 Å². The molecule has 4 rings (SSSR count). The lowest BCUT2D eigenvalue weighted by atomic mass is 9.48. The van der Waals surface area contributed by atoms with E-state index in [2.05, 4.69) is 20.8 Å². The Hall–Kier alpha value is -0.630. The van der Waals surface area contributed by atoms with Crippen molar-refractivity contribution in [1.82, 2.24) is 0 Å². The van der Waals surface area contributed by atoms with Crippen LogP contribution in [0.25, 0.3) is 0 Å². The molecule has 0 saturated heterocycles. The van der Waals surface area contributed by atoms with Crippen molar-refractivity contribution in [3.05, 3.63) is 11.6 Å². The molecule has 0 amide bonds. The van der Waals surface area contributed by atoms with Gasteiger partial charge >= 0.3 is 0 Å². The summed E-state index contributed by atoms with van der Waals surface area (Å²) in [5, 5.41) is 11.4. The van der Waals surface area contributed by atoms with Crippen LogP contribution in [0.2, 0.25) is 0 Å². The fourth-order valence-electron chi connectivity index (χ4n) is 7.72. The number of hydrogen-bond donors (Lipinski definition) is 1. The first-order chi connectivity index (χ1) is 11.5. The third-order valence-corrected chi connectivity index (χ3v) is 8.88. The van der Waals surface area contributed by atoms with Crippen LogP contribution in [0.15, 0.2) is 11.6 Å². The molecule has 0 spiro atoms. The maximum atomic E-state index is 11.9. The van der Waals surface area contributed by atoms with Crippen molar-refractivity contribution < 1.29 is 9.90 Å². The summed E-state index contributed by atoms with van der Waals surface area (Å²) in [6, 6.07) is 0. The molecule has 2 heteroatoms. The molecule has 3 fully saturated rings. The van der Waals surface area contributed by atoms with E-state index < -0.39 is 5.60 Å². The number of rotatable bonds is 2. The number of aliphatic hydroxyl groups is 1. The Labute approximate surface area is 147 Å².